The van der Waals surface area contributed by atoms with Crippen LogP contribution in [0.2, 0.25) is 0 Å². The van der Waals surface area contributed by atoms with Crippen molar-refractivity contribution in [1.29, 1.82) is 0 Å². The van der Waals surface area contributed by atoms with Crippen molar-refractivity contribution in [1.82, 2.24) is 9.55 Å². The van der Waals surface area contributed by atoms with Crippen LogP contribution >= 0.6 is 0 Å². The van der Waals surface area contributed by atoms with Crippen LogP contribution in [0.5, 0.6) is 0 Å². The third-order valence-corrected chi connectivity index (χ3v) is 4.59. The molecule has 0 amide bonds. The molecule has 0 aliphatic rings. The summed E-state index contributed by atoms with van der Waals surface area (Å²) < 4.78 is 39.8. The monoisotopic (exact) mass is 418 g/mol. The summed E-state index contributed by atoms with van der Waals surface area (Å²) in [6.45, 7) is 0. The van der Waals surface area contributed by atoms with Gasteiger partial charge in [-0.3, -0.25) is 19.0 Å². The van der Waals surface area contributed by atoms with E-state index in [0.717, 1.165) is 12.1 Å². The molecule has 0 fully saturated rings. The Balaban J connectivity index is 2.10. The lowest BCUT2D eigenvalue weighted by Crippen LogP contribution is -2.24. The van der Waals surface area contributed by atoms with Gasteiger partial charge in [-0.15, -0.1) is 0 Å². The molecule has 0 bridgehead atoms. The van der Waals surface area contributed by atoms with E-state index in [2.05, 4.69) is 4.98 Å². The van der Waals surface area contributed by atoms with Crippen LogP contribution in [0.15, 0.2) is 47.3 Å². The van der Waals surface area contributed by atoms with Crippen molar-refractivity contribution in [3.63, 3.8) is 0 Å². The minimum absolute atomic E-state index is 0.0482. The predicted molar refractivity (Wildman–Crippen MR) is 103 cm³/mol. The molecule has 0 aliphatic carbocycles. The van der Waals surface area contributed by atoms with E-state index in [1.807, 2.05) is 0 Å². The SMILES string of the molecule is O=Cc1ccc2c(=O)n(-c3ccc(C(F)(F)F)cc3)c(CCCCC(=O)O)nc2c1. The molecule has 6 nitrogen and oxygen atoms in total. The molecule has 0 aliphatic heterocycles. The molecule has 0 spiro atoms. The fourth-order valence-electron chi connectivity index (χ4n) is 3.11. The molecule has 0 radical (unpaired) electrons. The van der Waals surface area contributed by atoms with E-state index in [1.165, 1.54) is 34.9 Å². The maximum atomic E-state index is 13.1. The highest BCUT2D eigenvalue weighted by molar-refractivity contribution is 5.86. The van der Waals surface area contributed by atoms with E-state index in [-0.39, 0.29) is 29.7 Å². The van der Waals surface area contributed by atoms with Crippen LogP contribution in [0.1, 0.15) is 41.0 Å². The number of fused-ring (bicyclic) bond motifs is 1. The lowest BCUT2D eigenvalue weighted by Gasteiger charge is -2.15. The number of carbonyl (C=O) groups is 2. The summed E-state index contributed by atoms with van der Waals surface area (Å²) in [5.41, 5.74) is -0.480. The molecule has 0 saturated heterocycles. The zero-order chi connectivity index (χ0) is 21.9. The Morgan fingerprint density at radius 3 is 2.40 bits per heavy atom. The maximum absolute atomic E-state index is 13.1. The second-order valence-electron chi connectivity index (χ2n) is 6.71. The number of carboxylic acids is 1. The highest BCUT2D eigenvalue weighted by atomic mass is 19.4. The van der Waals surface area contributed by atoms with E-state index in [0.29, 0.717) is 30.2 Å². The topological polar surface area (TPSA) is 89.3 Å². The highest BCUT2D eigenvalue weighted by Gasteiger charge is 2.30. The molecule has 1 N–H and O–H groups in total. The van der Waals surface area contributed by atoms with Gasteiger partial charge in [0.1, 0.15) is 12.1 Å². The lowest BCUT2D eigenvalue weighted by molar-refractivity contribution is -0.138. The van der Waals surface area contributed by atoms with Gasteiger partial charge in [-0.05, 0) is 49.2 Å². The van der Waals surface area contributed by atoms with Crippen molar-refractivity contribution < 1.29 is 27.9 Å². The first-order chi connectivity index (χ1) is 14.2. The molecule has 0 atom stereocenters. The van der Waals surface area contributed by atoms with Crippen LogP contribution in [0, 0.1) is 0 Å². The number of aromatic nitrogens is 2. The first-order valence-corrected chi connectivity index (χ1v) is 9.11. The Morgan fingerprint density at radius 2 is 1.80 bits per heavy atom. The number of alkyl halides is 3. The van der Waals surface area contributed by atoms with Crippen LogP contribution in [0.4, 0.5) is 13.2 Å². The molecule has 30 heavy (non-hydrogen) atoms. The molecule has 0 unspecified atom stereocenters. The Labute approximate surface area is 168 Å². The van der Waals surface area contributed by atoms with E-state index < -0.39 is 23.3 Å². The Bertz CT molecular complexity index is 1150. The fourth-order valence-corrected chi connectivity index (χ4v) is 3.11. The third kappa shape index (κ3) is 4.56. The van der Waals surface area contributed by atoms with Crippen molar-refractivity contribution in [3.05, 3.63) is 69.8 Å². The number of nitrogens with zero attached hydrogens (tertiary/aromatic N) is 2. The van der Waals surface area contributed by atoms with E-state index in [9.17, 15) is 27.6 Å². The first kappa shape index (κ1) is 21.2. The number of hydrogen-bond donors (Lipinski definition) is 1. The molecule has 9 heteroatoms. The number of aryl methyl sites for hydroxylation is 1. The predicted octanol–water partition coefficient (Wildman–Crippen LogP) is 4.01. The standard InChI is InChI=1S/C21H17F3N2O4/c22-21(23,24)14-6-8-15(9-7-14)26-18(3-1-2-4-19(28)29)25-17-11-13(12-27)5-10-16(17)20(26)30/h5-12H,1-4H2,(H,28,29). The van der Waals surface area contributed by atoms with Crippen molar-refractivity contribution in [2.45, 2.75) is 31.9 Å². The molecule has 1 heterocycles. The minimum Gasteiger partial charge on any atom is -0.481 e. The zero-order valence-electron chi connectivity index (χ0n) is 15.6. The van der Waals surface area contributed by atoms with Crippen LogP contribution in [0.25, 0.3) is 16.6 Å². The lowest BCUT2D eigenvalue weighted by atomic mass is 10.1. The maximum Gasteiger partial charge on any atom is 0.416 e. The number of carbonyl (C=O) groups excluding carboxylic acids is 1. The largest absolute Gasteiger partial charge is 0.481 e. The number of rotatable bonds is 7. The summed E-state index contributed by atoms with van der Waals surface area (Å²) >= 11 is 0. The molecule has 1 aromatic heterocycles. The molecule has 3 rings (SSSR count). The average Bonchev–Trinajstić information content (AvgIpc) is 2.70. The second kappa shape index (κ2) is 8.48. The zero-order valence-corrected chi connectivity index (χ0v) is 15.6. The molecule has 3 aromatic rings. The van der Waals surface area contributed by atoms with Crippen LogP contribution in [0.3, 0.4) is 0 Å². The van der Waals surface area contributed by atoms with Gasteiger partial charge in [-0.2, -0.15) is 13.2 Å². The summed E-state index contributed by atoms with van der Waals surface area (Å²) in [4.78, 5) is 39.3. The molecular formula is C21H17F3N2O4. The van der Waals surface area contributed by atoms with Gasteiger partial charge in [-0.1, -0.05) is 6.07 Å². The number of carboxylic acid groups (broad SMARTS) is 1. The summed E-state index contributed by atoms with van der Waals surface area (Å²) in [5, 5.41) is 9.00. The number of halogens is 3. The third-order valence-electron chi connectivity index (χ3n) is 4.59. The van der Waals surface area contributed by atoms with Crippen molar-refractivity contribution in [2.75, 3.05) is 0 Å². The molecular weight excluding hydrogens is 401 g/mol. The number of benzene rings is 2. The summed E-state index contributed by atoms with van der Waals surface area (Å²) in [6, 6.07) is 8.52. The van der Waals surface area contributed by atoms with Crippen molar-refractivity contribution >= 4 is 23.2 Å². The quantitative estimate of drug-likeness (QED) is 0.463. The number of hydrogen-bond acceptors (Lipinski definition) is 4. The molecule has 2 aromatic carbocycles. The Morgan fingerprint density at radius 1 is 1.10 bits per heavy atom. The van der Waals surface area contributed by atoms with Gasteiger partial charge in [-0.25, -0.2) is 4.98 Å². The second-order valence-corrected chi connectivity index (χ2v) is 6.71. The van der Waals surface area contributed by atoms with Gasteiger partial charge in [0, 0.05) is 18.4 Å². The first-order valence-electron chi connectivity index (χ1n) is 9.11. The summed E-state index contributed by atoms with van der Waals surface area (Å²) in [5.74, 6) is -0.669. The van der Waals surface area contributed by atoms with Gasteiger partial charge < -0.3 is 5.11 Å². The van der Waals surface area contributed by atoms with Gasteiger partial charge in [0.2, 0.25) is 0 Å². The number of aliphatic carboxylic acids is 1. The Kier molecular flexibility index (Phi) is 6.00. The van der Waals surface area contributed by atoms with Crippen LogP contribution in [-0.4, -0.2) is 26.9 Å². The molecule has 156 valence electrons. The van der Waals surface area contributed by atoms with Crippen LogP contribution < -0.4 is 5.56 Å². The van der Waals surface area contributed by atoms with Gasteiger partial charge in [0.15, 0.2) is 0 Å². The fraction of sp³-hybridized carbons (Fsp3) is 0.238. The van der Waals surface area contributed by atoms with E-state index >= 15 is 0 Å². The van der Waals surface area contributed by atoms with Crippen molar-refractivity contribution in [2.24, 2.45) is 0 Å². The van der Waals surface area contributed by atoms with Crippen LogP contribution in [-0.2, 0) is 17.4 Å². The van der Waals surface area contributed by atoms with Gasteiger partial charge >= 0.3 is 12.1 Å². The number of unbranched alkanes of at least 4 members (excludes halogenated alkanes) is 1. The number of aldehydes is 1. The van der Waals surface area contributed by atoms with Gasteiger partial charge in [0.25, 0.3) is 5.56 Å². The van der Waals surface area contributed by atoms with Crippen molar-refractivity contribution in [3.8, 4) is 5.69 Å². The molecule has 0 saturated carbocycles. The Hall–Kier alpha value is -3.49. The average molecular weight is 418 g/mol. The summed E-state index contributed by atoms with van der Waals surface area (Å²) in [6.07, 6.45) is -2.92. The van der Waals surface area contributed by atoms with E-state index in [4.69, 9.17) is 5.11 Å². The minimum atomic E-state index is -4.50. The van der Waals surface area contributed by atoms with E-state index in [1.54, 1.807) is 0 Å². The van der Waals surface area contributed by atoms with Gasteiger partial charge in [0.05, 0.1) is 22.2 Å². The smallest absolute Gasteiger partial charge is 0.416 e. The summed E-state index contributed by atoms with van der Waals surface area (Å²) in [7, 11) is 0. The normalized spacial score (nSPS) is 11.6. The highest BCUT2D eigenvalue weighted by Crippen LogP contribution is 2.29.